The molecule has 0 aliphatic carbocycles. The van der Waals surface area contributed by atoms with Gasteiger partial charge in [-0.15, -0.1) is 0 Å². The van der Waals surface area contributed by atoms with Crippen molar-refractivity contribution in [2.45, 2.75) is 13.8 Å². The fraction of sp³-hybridized carbons (Fsp3) is 0.500. The maximum atomic E-state index is 10.9. The van der Waals surface area contributed by atoms with E-state index in [2.05, 4.69) is 9.97 Å². The van der Waals surface area contributed by atoms with Gasteiger partial charge in [0.05, 0.1) is 6.20 Å². The fourth-order valence-electron chi connectivity index (χ4n) is 0.833. The zero-order chi connectivity index (χ0) is 9.14. The average Bonchev–Trinajstić information content (AvgIpc) is 2.51. The highest BCUT2D eigenvalue weighted by molar-refractivity contribution is 5.92. The number of rotatable bonds is 3. The number of aromatic nitrogens is 2. The van der Waals surface area contributed by atoms with Gasteiger partial charge in [-0.1, -0.05) is 0 Å². The van der Waals surface area contributed by atoms with E-state index in [0.717, 1.165) is 12.5 Å². The van der Waals surface area contributed by atoms with Crippen molar-refractivity contribution < 1.29 is 4.79 Å². The van der Waals surface area contributed by atoms with Gasteiger partial charge in [-0.05, 0) is 6.92 Å². The third-order valence-electron chi connectivity index (χ3n) is 1.78. The number of nitrogens with one attached hydrogen (secondary N) is 1. The molecule has 1 aromatic heterocycles. The van der Waals surface area contributed by atoms with Crippen LogP contribution in [0.25, 0.3) is 0 Å². The van der Waals surface area contributed by atoms with E-state index in [9.17, 15) is 4.79 Å². The Hall–Kier alpha value is -1.32. The number of anilines is 1. The molecule has 0 saturated carbocycles. The van der Waals surface area contributed by atoms with Gasteiger partial charge in [0.1, 0.15) is 5.69 Å². The Bertz CT molecular complexity index is 280. The molecule has 0 aromatic carbocycles. The van der Waals surface area contributed by atoms with Gasteiger partial charge < -0.3 is 9.88 Å². The quantitative estimate of drug-likeness (QED) is 0.685. The lowest BCUT2D eigenvalue weighted by Crippen LogP contribution is -2.17. The van der Waals surface area contributed by atoms with Crippen LogP contribution in [0.4, 0.5) is 5.95 Å². The zero-order valence-corrected chi connectivity index (χ0v) is 7.59. The van der Waals surface area contributed by atoms with E-state index >= 15 is 0 Å². The number of carbonyl (C=O) groups is 1. The maximum Gasteiger partial charge on any atom is 0.203 e. The molecule has 4 nitrogen and oxygen atoms in total. The summed E-state index contributed by atoms with van der Waals surface area (Å²) in [7, 11) is 1.92. The highest BCUT2D eigenvalue weighted by Gasteiger charge is 2.06. The summed E-state index contributed by atoms with van der Waals surface area (Å²) in [4.78, 5) is 19.8. The van der Waals surface area contributed by atoms with Gasteiger partial charge >= 0.3 is 0 Å². The lowest BCUT2D eigenvalue weighted by molar-refractivity contribution is 0.101. The second-order valence-corrected chi connectivity index (χ2v) is 2.69. The smallest absolute Gasteiger partial charge is 0.203 e. The van der Waals surface area contributed by atoms with Crippen LogP contribution in [0.1, 0.15) is 24.3 Å². The number of imidazole rings is 1. The Balaban J connectivity index is 2.84. The highest BCUT2D eigenvalue weighted by Crippen LogP contribution is 2.06. The molecule has 4 heteroatoms. The number of aromatic amines is 1. The summed E-state index contributed by atoms with van der Waals surface area (Å²) in [5.74, 6) is 0.751. The molecule has 1 N–H and O–H groups in total. The van der Waals surface area contributed by atoms with Crippen LogP contribution in [0.5, 0.6) is 0 Å². The number of hydrogen-bond acceptors (Lipinski definition) is 3. The molecular weight excluding hydrogens is 154 g/mol. The Morgan fingerprint density at radius 2 is 2.42 bits per heavy atom. The van der Waals surface area contributed by atoms with Crippen LogP contribution < -0.4 is 4.90 Å². The van der Waals surface area contributed by atoms with Crippen LogP contribution in [0.3, 0.4) is 0 Å². The first kappa shape index (κ1) is 8.77. The second-order valence-electron chi connectivity index (χ2n) is 2.69. The van der Waals surface area contributed by atoms with Crippen LogP contribution >= 0.6 is 0 Å². The Kier molecular flexibility index (Phi) is 2.47. The largest absolute Gasteiger partial charge is 0.346 e. The molecule has 12 heavy (non-hydrogen) atoms. The number of ketones is 1. The molecule has 1 aromatic rings. The molecule has 0 spiro atoms. The molecule has 0 fully saturated rings. The van der Waals surface area contributed by atoms with Crippen molar-refractivity contribution in [2.24, 2.45) is 0 Å². The van der Waals surface area contributed by atoms with Crippen LogP contribution in [0, 0.1) is 0 Å². The first-order valence-electron chi connectivity index (χ1n) is 3.92. The van der Waals surface area contributed by atoms with E-state index < -0.39 is 0 Å². The second kappa shape index (κ2) is 3.38. The molecule has 0 saturated heterocycles. The van der Waals surface area contributed by atoms with Gasteiger partial charge in [0.15, 0.2) is 5.78 Å². The van der Waals surface area contributed by atoms with E-state index in [1.807, 2.05) is 18.9 Å². The fourth-order valence-corrected chi connectivity index (χ4v) is 0.833. The summed E-state index contributed by atoms with van der Waals surface area (Å²) in [6.07, 6.45) is 1.56. The Labute approximate surface area is 71.6 Å². The summed E-state index contributed by atoms with van der Waals surface area (Å²) in [5.41, 5.74) is 0.560. The van der Waals surface area contributed by atoms with Crippen LogP contribution in [0.15, 0.2) is 6.20 Å². The molecule has 0 bridgehead atoms. The van der Waals surface area contributed by atoms with E-state index in [4.69, 9.17) is 0 Å². The molecule has 0 unspecified atom stereocenters. The predicted molar refractivity (Wildman–Crippen MR) is 47.5 cm³/mol. The molecule has 66 valence electrons. The molecule has 1 rings (SSSR count). The Morgan fingerprint density at radius 1 is 1.75 bits per heavy atom. The first-order valence-corrected chi connectivity index (χ1v) is 3.92. The third-order valence-corrected chi connectivity index (χ3v) is 1.78. The van der Waals surface area contributed by atoms with Crippen LogP contribution in [-0.2, 0) is 0 Å². The van der Waals surface area contributed by atoms with Gasteiger partial charge in [-0.25, -0.2) is 4.98 Å². The number of carbonyl (C=O) groups excluding carboxylic acids is 1. The summed E-state index contributed by atoms with van der Waals surface area (Å²) in [5, 5.41) is 0. The first-order chi connectivity index (χ1) is 5.65. The lowest BCUT2D eigenvalue weighted by Gasteiger charge is -2.11. The van der Waals surface area contributed by atoms with Crippen molar-refractivity contribution in [1.29, 1.82) is 0 Å². The number of Topliss-reactive ketones (excluding diaryl/α,β-unsaturated/α-hetero) is 1. The standard InChI is InChI=1S/C8H13N3O/c1-4-11(3)8-9-5-7(10-8)6(2)12/h5H,4H2,1-3H3,(H,9,10). The minimum atomic E-state index is 0.0123. The van der Waals surface area contributed by atoms with Crippen molar-refractivity contribution in [1.82, 2.24) is 9.97 Å². The average molecular weight is 167 g/mol. The van der Waals surface area contributed by atoms with Crippen molar-refractivity contribution in [3.63, 3.8) is 0 Å². The van der Waals surface area contributed by atoms with E-state index in [1.165, 1.54) is 6.92 Å². The van der Waals surface area contributed by atoms with Gasteiger partial charge in [-0.3, -0.25) is 4.79 Å². The Morgan fingerprint density at radius 3 is 2.83 bits per heavy atom. The van der Waals surface area contributed by atoms with Gasteiger partial charge in [0.2, 0.25) is 5.95 Å². The van der Waals surface area contributed by atoms with Crippen LogP contribution in [0.2, 0.25) is 0 Å². The van der Waals surface area contributed by atoms with Gasteiger partial charge in [0, 0.05) is 20.5 Å². The minimum absolute atomic E-state index is 0.0123. The van der Waals surface area contributed by atoms with E-state index in [0.29, 0.717) is 5.69 Å². The summed E-state index contributed by atoms with van der Waals surface area (Å²) in [6, 6.07) is 0. The molecule has 0 atom stereocenters. The minimum Gasteiger partial charge on any atom is -0.346 e. The zero-order valence-electron chi connectivity index (χ0n) is 7.59. The topological polar surface area (TPSA) is 49.0 Å². The summed E-state index contributed by atoms with van der Waals surface area (Å²) < 4.78 is 0. The maximum absolute atomic E-state index is 10.9. The summed E-state index contributed by atoms with van der Waals surface area (Å²) in [6.45, 7) is 4.41. The highest BCUT2D eigenvalue weighted by atomic mass is 16.1. The molecular formula is C8H13N3O. The van der Waals surface area contributed by atoms with Crippen molar-refractivity contribution in [3.05, 3.63) is 11.9 Å². The molecule has 0 aliphatic heterocycles. The normalized spacial score (nSPS) is 9.92. The van der Waals surface area contributed by atoms with Crippen molar-refractivity contribution in [2.75, 3.05) is 18.5 Å². The van der Waals surface area contributed by atoms with Crippen LogP contribution in [-0.4, -0.2) is 29.3 Å². The number of H-pyrrole nitrogens is 1. The van der Waals surface area contributed by atoms with Gasteiger partial charge in [-0.2, -0.15) is 0 Å². The van der Waals surface area contributed by atoms with Crippen molar-refractivity contribution in [3.8, 4) is 0 Å². The predicted octanol–water partition coefficient (Wildman–Crippen LogP) is 1.07. The number of hydrogen-bond donors (Lipinski definition) is 1. The lowest BCUT2D eigenvalue weighted by atomic mass is 10.3. The monoisotopic (exact) mass is 167 g/mol. The molecule has 0 radical (unpaired) electrons. The van der Waals surface area contributed by atoms with Gasteiger partial charge in [0.25, 0.3) is 0 Å². The molecule has 1 heterocycles. The third kappa shape index (κ3) is 1.64. The van der Waals surface area contributed by atoms with E-state index in [-0.39, 0.29) is 5.78 Å². The summed E-state index contributed by atoms with van der Waals surface area (Å²) >= 11 is 0. The number of nitrogens with zero attached hydrogens (tertiary/aromatic N) is 2. The van der Waals surface area contributed by atoms with E-state index in [1.54, 1.807) is 6.20 Å². The SMILES string of the molecule is CCN(C)c1ncc(C(C)=O)[nH]1. The molecule has 0 aliphatic rings. The molecule has 0 amide bonds. The van der Waals surface area contributed by atoms with Crippen molar-refractivity contribution >= 4 is 11.7 Å².